The summed E-state index contributed by atoms with van der Waals surface area (Å²) in [4.78, 5) is 2.24. The Morgan fingerprint density at radius 1 is 1.33 bits per heavy atom. The molecule has 1 heterocycles. The summed E-state index contributed by atoms with van der Waals surface area (Å²) < 4.78 is 5.27. The fourth-order valence-corrected chi connectivity index (χ4v) is 1.97. The van der Waals surface area contributed by atoms with Crippen molar-refractivity contribution >= 4 is 0 Å². The Morgan fingerprint density at radius 2 is 1.93 bits per heavy atom. The number of aliphatic hydroxyl groups is 1. The molecule has 3 nitrogen and oxygen atoms in total. The van der Waals surface area contributed by atoms with E-state index in [0.717, 1.165) is 31.8 Å². The summed E-state index contributed by atoms with van der Waals surface area (Å²) in [6, 6.07) is 0. The first-order valence-electron chi connectivity index (χ1n) is 6.00. The minimum atomic E-state index is -0.510. The SMILES string of the molecule is CC(C)CCN(C)CC1(O)CCOCC1. The van der Waals surface area contributed by atoms with Crippen molar-refractivity contribution in [1.29, 1.82) is 0 Å². The summed E-state index contributed by atoms with van der Waals surface area (Å²) in [6.45, 7) is 7.72. The van der Waals surface area contributed by atoms with Crippen molar-refractivity contribution in [3.8, 4) is 0 Å². The van der Waals surface area contributed by atoms with E-state index in [4.69, 9.17) is 4.74 Å². The van der Waals surface area contributed by atoms with E-state index < -0.39 is 5.60 Å². The normalized spacial score (nSPS) is 21.2. The number of hydrogen-bond acceptors (Lipinski definition) is 3. The van der Waals surface area contributed by atoms with Crippen molar-refractivity contribution < 1.29 is 9.84 Å². The monoisotopic (exact) mass is 215 g/mol. The van der Waals surface area contributed by atoms with Crippen molar-refractivity contribution in [3.05, 3.63) is 0 Å². The number of rotatable bonds is 5. The molecule has 0 atom stereocenters. The number of nitrogens with zero attached hydrogens (tertiary/aromatic N) is 1. The third-order valence-corrected chi connectivity index (χ3v) is 3.08. The fourth-order valence-electron chi connectivity index (χ4n) is 1.97. The Labute approximate surface area is 93.4 Å². The molecule has 0 aromatic heterocycles. The largest absolute Gasteiger partial charge is 0.388 e. The molecule has 1 fully saturated rings. The van der Waals surface area contributed by atoms with Crippen LogP contribution in [0.1, 0.15) is 33.1 Å². The summed E-state index contributed by atoms with van der Waals surface area (Å²) in [5.41, 5.74) is -0.510. The van der Waals surface area contributed by atoms with Crippen LogP contribution in [0.3, 0.4) is 0 Å². The van der Waals surface area contributed by atoms with Crippen LogP contribution in [-0.2, 0) is 4.74 Å². The van der Waals surface area contributed by atoms with E-state index in [0.29, 0.717) is 13.2 Å². The Balaban J connectivity index is 2.25. The minimum Gasteiger partial charge on any atom is -0.388 e. The molecule has 1 rings (SSSR count). The van der Waals surface area contributed by atoms with Gasteiger partial charge in [-0.1, -0.05) is 13.8 Å². The number of ether oxygens (including phenoxy) is 1. The van der Waals surface area contributed by atoms with Crippen molar-refractivity contribution in [3.63, 3.8) is 0 Å². The summed E-state index contributed by atoms with van der Waals surface area (Å²) in [5, 5.41) is 10.3. The van der Waals surface area contributed by atoms with Gasteiger partial charge in [-0.3, -0.25) is 0 Å². The van der Waals surface area contributed by atoms with Gasteiger partial charge in [0.25, 0.3) is 0 Å². The molecule has 0 aromatic carbocycles. The average molecular weight is 215 g/mol. The van der Waals surface area contributed by atoms with Crippen LogP contribution in [0, 0.1) is 5.92 Å². The minimum absolute atomic E-state index is 0.510. The van der Waals surface area contributed by atoms with E-state index in [1.807, 2.05) is 0 Å². The van der Waals surface area contributed by atoms with Gasteiger partial charge >= 0.3 is 0 Å². The third-order valence-electron chi connectivity index (χ3n) is 3.08. The van der Waals surface area contributed by atoms with Crippen LogP contribution < -0.4 is 0 Å². The van der Waals surface area contributed by atoms with Crippen LogP contribution >= 0.6 is 0 Å². The first kappa shape index (κ1) is 12.9. The molecule has 1 N–H and O–H groups in total. The van der Waals surface area contributed by atoms with Crippen LogP contribution in [-0.4, -0.2) is 49.0 Å². The fraction of sp³-hybridized carbons (Fsp3) is 1.00. The first-order valence-corrected chi connectivity index (χ1v) is 6.00. The Bertz CT molecular complexity index is 176. The highest BCUT2D eigenvalue weighted by Gasteiger charge is 2.30. The summed E-state index contributed by atoms with van der Waals surface area (Å²) in [5.74, 6) is 0.733. The molecule has 1 saturated heterocycles. The number of hydrogen-bond donors (Lipinski definition) is 1. The summed E-state index contributed by atoms with van der Waals surface area (Å²) >= 11 is 0. The van der Waals surface area contributed by atoms with Gasteiger partial charge in [-0.15, -0.1) is 0 Å². The summed E-state index contributed by atoms with van der Waals surface area (Å²) in [6.07, 6.45) is 2.75. The van der Waals surface area contributed by atoms with Gasteiger partial charge in [-0.25, -0.2) is 0 Å². The van der Waals surface area contributed by atoms with E-state index in [9.17, 15) is 5.11 Å². The van der Waals surface area contributed by atoms with Crippen molar-refractivity contribution in [2.75, 3.05) is 33.4 Å². The second-order valence-corrected chi connectivity index (χ2v) is 5.26. The molecule has 0 aliphatic carbocycles. The predicted octanol–water partition coefficient (Wildman–Crippen LogP) is 1.51. The molecule has 1 aliphatic rings. The molecule has 0 saturated carbocycles. The molecule has 90 valence electrons. The zero-order chi connectivity index (χ0) is 11.3. The highest BCUT2D eigenvalue weighted by molar-refractivity contribution is 4.83. The molecule has 15 heavy (non-hydrogen) atoms. The third kappa shape index (κ3) is 4.96. The van der Waals surface area contributed by atoms with Crippen LogP contribution in [0.25, 0.3) is 0 Å². The molecular formula is C12H25NO2. The van der Waals surface area contributed by atoms with Gasteiger partial charge in [0.15, 0.2) is 0 Å². The van der Waals surface area contributed by atoms with Gasteiger partial charge in [-0.05, 0) is 25.9 Å². The zero-order valence-electron chi connectivity index (χ0n) is 10.3. The first-order chi connectivity index (χ1) is 7.02. The van der Waals surface area contributed by atoms with Gasteiger partial charge in [0.05, 0.1) is 5.60 Å². The van der Waals surface area contributed by atoms with E-state index in [1.165, 1.54) is 6.42 Å². The molecule has 0 bridgehead atoms. The lowest BCUT2D eigenvalue weighted by molar-refractivity contribution is -0.0771. The molecule has 0 amide bonds. The van der Waals surface area contributed by atoms with Crippen LogP contribution in [0.2, 0.25) is 0 Å². The Kier molecular flexibility index (Phi) is 5.03. The smallest absolute Gasteiger partial charge is 0.0817 e. The molecular weight excluding hydrogens is 190 g/mol. The van der Waals surface area contributed by atoms with E-state index in [-0.39, 0.29) is 0 Å². The molecule has 0 unspecified atom stereocenters. The lowest BCUT2D eigenvalue weighted by atomic mass is 9.94. The van der Waals surface area contributed by atoms with Gasteiger partial charge in [0.1, 0.15) is 0 Å². The van der Waals surface area contributed by atoms with Crippen LogP contribution in [0.5, 0.6) is 0 Å². The van der Waals surface area contributed by atoms with Gasteiger partial charge in [0, 0.05) is 32.6 Å². The molecule has 0 spiro atoms. The topological polar surface area (TPSA) is 32.7 Å². The van der Waals surface area contributed by atoms with Gasteiger partial charge in [-0.2, -0.15) is 0 Å². The highest BCUT2D eigenvalue weighted by atomic mass is 16.5. The lowest BCUT2D eigenvalue weighted by Gasteiger charge is -2.35. The number of likely N-dealkylation sites (N-methyl/N-ethyl adjacent to an activating group) is 1. The van der Waals surface area contributed by atoms with E-state index in [2.05, 4.69) is 25.8 Å². The maximum atomic E-state index is 10.3. The predicted molar refractivity (Wildman–Crippen MR) is 62.0 cm³/mol. The Hall–Kier alpha value is -0.120. The highest BCUT2D eigenvalue weighted by Crippen LogP contribution is 2.21. The van der Waals surface area contributed by atoms with E-state index >= 15 is 0 Å². The molecule has 1 aliphatic heterocycles. The van der Waals surface area contributed by atoms with Crippen LogP contribution in [0.15, 0.2) is 0 Å². The maximum absolute atomic E-state index is 10.3. The van der Waals surface area contributed by atoms with Crippen molar-refractivity contribution in [2.45, 2.75) is 38.7 Å². The van der Waals surface area contributed by atoms with Crippen LogP contribution in [0.4, 0.5) is 0 Å². The summed E-state index contributed by atoms with van der Waals surface area (Å²) in [7, 11) is 2.09. The zero-order valence-corrected chi connectivity index (χ0v) is 10.3. The Morgan fingerprint density at radius 3 is 2.47 bits per heavy atom. The van der Waals surface area contributed by atoms with Gasteiger partial charge in [0.2, 0.25) is 0 Å². The second kappa shape index (κ2) is 5.83. The second-order valence-electron chi connectivity index (χ2n) is 5.26. The maximum Gasteiger partial charge on any atom is 0.0817 e. The van der Waals surface area contributed by atoms with Crippen molar-refractivity contribution in [2.24, 2.45) is 5.92 Å². The van der Waals surface area contributed by atoms with Crippen molar-refractivity contribution in [1.82, 2.24) is 4.90 Å². The lowest BCUT2D eigenvalue weighted by Crippen LogP contribution is -2.45. The molecule has 0 aromatic rings. The quantitative estimate of drug-likeness (QED) is 0.754. The van der Waals surface area contributed by atoms with E-state index in [1.54, 1.807) is 0 Å². The average Bonchev–Trinajstić information content (AvgIpc) is 2.15. The molecule has 3 heteroatoms. The van der Waals surface area contributed by atoms with Gasteiger partial charge < -0.3 is 14.7 Å². The molecule has 0 radical (unpaired) electrons. The standard InChI is InChI=1S/C12H25NO2/c1-11(2)4-7-13(3)10-12(14)5-8-15-9-6-12/h11,14H,4-10H2,1-3H3.